The molecule has 2 aliphatic rings. The Morgan fingerprint density at radius 3 is 2.12 bits per heavy atom. The molecule has 1 aliphatic carbocycles. The SMILES string of the molecule is CC(C)C[SiH]1CCC(C2CCC(CCc3ccc(F)cc3)CC2)CC1. The highest BCUT2D eigenvalue weighted by Crippen LogP contribution is 2.42. The number of rotatable bonds is 6. The monoisotopic (exact) mass is 360 g/mol. The standard InChI is InChI=1S/C23H37FSi/c1-18(2)17-25-15-13-22(14-16-25)21-9-5-19(6-10-21)3-4-20-7-11-23(24)12-8-20/h7-8,11-12,18-19,21-22,25H,3-6,9-10,13-17H2,1-2H3. The largest absolute Gasteiger partial charge is 0.207 e. The van der Waals surface area contributed by atoms with E-state index < -0.39 is 0 Å². The number of hydrogen-bond donors (Lipinski definition) is 0. The van der Waals surface area contributed by atoms with Crippen molar-refractivity contribution in [3.8, 4) is 0 Å². The Kier molecular flexibility index (Phi) is 7.15. The van der Waals surface area contributed by atoms with E-state index >= 15 is 0 Å². The second-order valence-electron chi connectivity index (χ2n) is 9.36. The average molecular weight is 361 g/mol. The van der Waals surface area contributed by atoms with Crippen LogP contribution in [0.3, 0.4) is 0 Å². The lowest BCUT2D eigenvalue weighted by Gasteiger charge is -2.38. The third kappa shape index (κ3) is 5.94. The second kappa shape index (κ2) is 9.35. The van der Waals surface area contributed by atoms with E-state index in [1.165, 1.54) is 37.7 Å². The maximum absolute atomic E-state index is 13.0. The topological polar surface area (TPSA) is 0 Å². The van der Waals surface area contributed by atoms with E-state index in [1.54, 1.807) is 43.1 Å². The summed E-state index contributed by atoms with van der Waals surface area (Å²) in [6.07, 6.45) is 11.4. The average Bonchev–Trinajstić information content (AvgIpc) is 2.62. The molecule has 0 radical (unpaired) electrons. The summed E-state index contributed by atoms with van der Waals surface area (Å²) < 4.78 is 13.0. The first-order valence-electron chi connectivity index (χ1n) is 10.8. The molecule has 1 aromatic carbocycles. The van der Waals surface area contributed by atoms with Crippen molar-refractivity contribution >= 4 is 8.80 Å². The van der Waals surface area contributed by atoms with Gasteiger partial charge in [-0.3, -0.25) is 0 Å². The van der Waals surface area contributed by atoms with Gasteiger partial charge in [-0.05, 0) is 67.1 Å². The Morgan fingerprint density at radius 2 is 1.52 bits per heavy atom. The molecule has 25 heavy (non-hydrogen) atoms. The number of halogens is 1. The minimum Gasteiger partial charge on any atom is -0.207 e. The molecule has 2 heteroatoms. The third-order valence-electron chi connectivity index (χ3n) is 7.01. The predicted molar refractivity (Wildman–Crippen MR) is 109 cm³/mol. The van der Waals surface area contributed by atoms with Crippen LogP contribution in [0, 0.1) is 29.5 Å². The summed E-state index contributed by atoms with van der Waals surface area (Å²) in [5.41, 5.74) is 1.30. The minimum atomic E-state index is -0.366. The summed E-state index contributed by atoms with van der Waals surface area (Å²) in [7, 11) is -0.366. The van der Waals surface area contributed by atoms with E-state index in [1.807, 2.05) is 12.1 Å². The van der Waals surface area contributed by atoms with Gasteiger partial charge in [0.05, 0.1) is 0 Å². The zero-order valence-electron chi connectivity index (χ0n) is 16.4. The van der Waals surface area contributed by atoms with E-state index in [0.717, 1.165) is 30.1 Å². The molecule has 1 saturated carbocycles. The molecule has 1 saturated heterocycles. The minimum absolute atomic E-state index is 0.115. The Hall–Kier alpha value is -0.633. The van der Waals surface area contributed by atoms with Crippen molar-refractivity contribution in [2.45, 2.75) is 83.3 Å². The molecular weight excluding hydrogens is 323 g/mol. The molecule has 0 N–H and O–H groups in total. The summed E-state index contributed by atoms with van der Waals surface area (Å²) >= 11 is 0. The van der Waals surface area contributed by atoms with Gasteiger partial charge in [-0.1, -0.05) is 69.8 Å². The zero-order valence-corrected chi connectivity index (χ0v) is 17.5. The van der Waals surface area contributed by atoms with Crippen LogP contribution in [-0.4, -0.2) is 8.80 Å². The number of benzene rings is 1. The van der Waals surface area contributed by atoms with E-state index in [0.29, 0.717) is 0 Å². The Morgan fingerprint density at radius 1 is 0.920 bits per heavy atom. The van der Waals surface area contributed by atoms with Gasteiger partial charge in [0.25, 0.3) is 0 Å². The Balaban J connectivity index is 1.35. The summed E-state index contributed by atoms with van der Waals surface area (Å²) in [5.74, 6) is 3.83. The smallest absolute Gasteiger partial charge is 0.123 e. The lowest BCUT2D eigenvalue weighted by Crippen LogP contribution is -2.29. The van der Waals surface area contributed by atoms with Crippen LogP contribution in [0.1, 0.15) is 64.4 Å². The van der Waals surface area contributed by atoms with Crippen LogP contribution < -0.4 is 0 Å². The van der Waals surface area contributed by atoms with Gasteiger partial charge in [-0.2, -0.15) is 0 Å². The lowest BCUT2D eigenvalue weighted by molar-refractivity contribution is 0.186. The van der Waals surface area contributed by atoms with E-state index in [2.05, 4.69) is 13.8 Å². The highest BCUT2D eigenvalue weighted by molar-refractivity contribution is 6.59. The molecule has 3 rings (SSSR count). The molecule has 1 aliphatic heterocycles. The van der Waals surface area contributed by atoms with Crippen LogP contribution in [-0.2, 0) is 6.42 Å². The molecule has 0 nitrogen and oxygen atoms in total. The molecule has 0 unspecified atom stereocenters. The van der Waals surface area contributed by atoms with E-state index in [9.17, 15) is 4.39 Å². The fourth-order valence-electron chi connectivity index (χ4n) is 5.53. The van der Waals surface area contributed by atoms with Crippen molar-refractivity contribution in [1.29, 1.82) is 0 Å². The van der Waals surface area contributed by atoms with Crippen LogP contribution in [0.5, 0.6) is 0 Å². The van der Waals surface area contributed by atoms with Crippen molar-refractivity contribution in [1.82, 2.24) is 0 Å². The fourth-order valence-corrected chi connectivity index (χ4v) is 9.42. The van der Waals surface area contributed by atoms with Gasteiger partial charge in [-0.25, -0.2) is 4.39 Å². The number of hydrogen-bond acceptors (Lipinski definition) is 0. The Labute approximate surface area is 156 Å². The lowest BCUT2D eigenvalue weighted by atomic mass is 9.73. The fraction of sp³-hybridized carbons (Fsp3) is 0.739. The van der Waals surface area contributed by atoms with Gasteiger partial charge in [0.2, 0.25) is 0 Å². The molecular formula is C23H37FSi. The molecule has 1 heterocycles. The van der Waals surface area contributed by atoms with Crippen LogP contribution in [0.2, 0.25) is 18.1 Å². The van der Waals surface area contributed by atoms with Gasteiger partial charge in [0.15, 0.2) is 0 Å². The summed E-state index contributed by atoms with van der Waals surface area (Å²) in [6.45, 7) is 4.82. The van der Waals surface area contributed by atoms with Crippen molar-refractivity contribution in [3.63, 3.8) is 0 Å². The summed E-state index contributed by atoms with van der Waals surface area (Å²) in [5, 5.41) is 0. The number of aryl methyl sites for hydroxylation is 1. The van der Waals surface area contributed by atoms with Crippen LogP contribution in [0.25, 0.3) is 0 Å². The van der Waals surface area contributed by atoms with E-state index in [-0.39, 0.29) is 14.6 Å². The van der Waals surface area contributed by atoms with Crippen molar-refractivity contribution in [3.05, 3.63) is 35.6 Å². The molecule has 1 aromatic rings. The van der Waals surface area contributed by atoms with Gasteiger partial charge >= 0.3 is 0 Å². The summed E-state index contributed by atoms with van der Waals surface area (Å²) in [4.78, 5) is 0. The van der Waals surface area contributed by atoms with Crippen LogP contribution in [0.15, 0.2) is 24.3 Å². The van der Waals surface area contributed by atoms with Crippen LogP contribution >= 0.6 is 0 Å². The molecule has 140 valence electrons. The van der Waals surface area contributed by atoms with Gasteiger partial charge in [0.1, 0.15) is 5.82 Å². The van der Waals surface area contributed by atoms with Crippen LogP contribution in [0.4, 0.5) is 4.39 Å². The van der Waals surface area contributed by atoms with Crippen molar-refractivity contribution in [2.24, 2.45) is 23.7 Å². The quantitative estimate of drug-likeness (QED) is 0.486. The summed E-state index contributed by atoms with van der Waals surface area (Å²) in [6, 6.07) is 12.0. The highest BCUT2D eigenvalue weighted by Gasteiger charge is 2.31. The Bertz CT molecular complexity index is 493. The first-order valence-corrected chi connectivity index (χ1v) is 13.3. The van der Waals surface area contributed by atoms with Crippen molar-refractivity contribution < 1.29 is 4.39 Å². The molecule has 0 bridgehead atoms. The van der Waals surface area contributed by atoms with Gasteiger partial charge < -0.3 is 0 Å². The molecule has 0 amide bonds. The zero-order chi connectivity index (χ0) is 17.6. The molecule has 0 atom stereocenters. The van der Waals surface area contributed by atoms with Crippen molar-refractivity contribution in [2.75, 3.05) is 0 Å². The first kappa shape index (κ1) is 19.1. The molecule has 0 spiro atoms. The van der Waals surface area contributed by atoms with Gasteiger partial charge in [-0.15, -0.1) is 0 Å². The first-order chi connectivity index (χ1) is 12.1. The predicted octanol–water partition coefficient (Wildman–Crippen LogP) is 6.86. The maximum atomic E-state index is 13.0. The third-order valence-corrected chi connectivity index (χ3v) is 10.9. The maximum Gasteiger partial charge on any atom is 0.123 e. The van der Waals surface area contributed by atoms with Gasteiger partial charge in [0, 0.05) is 8.80 Å². The van der Waals surface area contributed by atoms with E-state index in [4.69, 9.17) is 0 Å². The molecule has 2 fully saturated rings. The normalized spacial score (nSPS) is 30.6. The molecule has 0 aromatic heterocycles. The highest BCUT2D eigenvalue weighted by atomic mass is 28.3. The second-order valence-corrected chi connectivity index (χ2v) is 12.7.